The standard InChI is InChI=1S/C15H20F2N2O3/c1-10-8-19(9-11(2)22-10)15(20)18-5-6-21-14-4-3-12(16)7-13(14)17/h3-4,7,10-11H,5-6,8-9H2,1-2H3,(H,18,20). The van der Waals surface area contributed by atoms with E-state index in [9.17, 15) is 13.6 Å². The van der Waals surface area contributed by atoms with Crippen molar-refractivity contribution < 1.29 is 23.0 Å². The van der Waals surface area contributed by atoms with Gasteiger partial charge in [-0.1, -0.05) is 0 Å². The quantitative estimate of drug-likeness (QED) is 0.867. The fourth-order valence-electron chi connectivity index (χ4n) is 2.37. The Morgan fingerprint density at radius 3 is 2.68 bits per heavy atom. The van der Waals surface area contributed by atoms with E-state index >= 15 is 0 Å². The van der Waals surface area contributed by atoms with E-state index in [4.69, 9.17) is 9.47 Å². The first-order valence-electron chi connectivity index (χ1n) is 7.22. The lowest BCUT2D eigenvalue weighted by molar-refractivity contribution is -0.0545. The number of rotatable bonds is 4. The molecule has 1 aliphatic heterocycles. The molecule has 2 unspecified atom stereocenters. The molecule has 0 saturated carbocycles. The van der Waals surface area contributed by atoms with Gasteiger partial charge in [-0.3, -0.25) is 0 Å². The highest BCUT2D eigenvalue weighted by molar-refractivity contribution is 5.74. The molecule has 122 valence electrons. The molecule has 5 nitrogen and oxygen atoms in total. The van der Waals surface area contributed by atoms with Crippen LogP contribution < -0.4 is 10.1 Å². The Morgan fingerprint density at radius 1 is 1.36 bits per heavy atom. The van der Waals surface area contributed by atoms with Crippen molar-refractivity contribution in [2.75, 3.05) is 26.2 Å². The molecule has 1 aromatic carbocycles. The summed E-state index contributed by atoms with van der Waals surface area (Å²) in [6, 6.07) is 2.89. The summed E-state index contributed by atoms with van der Waals surface area (Å²) in [6.45, 7) is 5.22. The fraction of sp³-hybridized carbons (Fsp3) is 0.533. The van der Waals surface area contributed by atoms with Crippen molar-refractivity contribution in [2.24, 2.45) is 0 Å². The SMILES string of the molecule is CC1CN(C(=O)NCCOc2ccc(F)cc2F)CC(C)O1. The normalized spacial score (nSPS) is 21.5. The van der Waals surface area contributed by atoms with Crippen LogP contribution in [0.4, 0.5) is 13.6 Å². The molecule has 0 radical (unpaired) electrons. The predicted octanol–water partition coefficient (Wildman–Crippen LogP) is 2.16. The van der Waals surface area contributed by atoms with Gasteiger partial charge in [0.05, 0.1) is 18.8 Å². The molecule has 22 heavy (non-hydrogen) atoms. The van der Waals surface area contributed by atoms with Crippen molar-refractivity contribution in [3.05, 3.63) is 29.8 Å². The number of carbonyl (C=O) groups excluding carboxylic acids is 1. The highest BCUT2D eigenvalue weighted by Gasteiger charge is 2.25. The third-order valence-electron chi connectivity index (χ3n) is 3.24. The number of hydrogen-bond donors (Lipinski definition) is 1. The van der Waals surface area contributed by atoms with E-state index in [2.05, 4.69) is 5.32 Å². The molecule has 2 rings (SSSR count). The van der Waals surface area contributed by atoms with Crippen molar-refractivity contribution in [1.29, 1.82) is 0 Å². The Bertz CT molecular complexity index is 518. The molecule has 1 aromatic rings. The molecular weight excluding hydrogens is 294 g/mol. The second-order valence-corrected chi connectivity index (χ2v) is 5.32. The molecule has 1 N–H and O–H groups in total. The zero-order valence-corrected chi connectivity index (χ0v) is 12.6. The van der Waals surface area contributed by atoms with Crippen molar-refractivity contribution in [1.82, 2.24) is 10.2 Å². The Morgan fingerprint density at radius 2 is 2.05 bits per heavy atom. The van der Waals surface area contributed by atoms with Gasteiger partial charge in [0, 0.05) is 19.2 Å². The number of carbonyl (C=O) groups is 1. The van der Waals surface area contributed by atoms with Crippen molar-refractivity contribution >= 4 is 6.03 Å². The molecule has 1 fully saturated rings. The van der Waals surface area contributed by atoms with E-state index in [1.807, 2.05) is 13.8 Å². The van der Waals surface area contributed by atoms with E-state index in [1.165, 1.54) is 6.07 Å². The van der Waals surface area contributed by atoms with Crippen LogP contribution >= 0.6 is 0 Å². The lowest BCUT2D eigenvalue weighted by Gasteiger charge is -2.35. The number of morpholine rings is 1. The topological polar surface area (TPSA) is 50.8 Å². The molecule has 0 bridgehead atoms. The van der Waals surface area contributed by atoms with Crippen LogP contribution in [-0.4, -0.2) is 49.4 Å². The second kappa shape index (κ2) is 7.40. The minimum absolute atomic E-state index is 0.000869. The number of nitrogens with zero attached hydrogens (tertiary/aromatic N) is 1. The van der Waals surface area contributed by atoms with Crippen LogP contribution in [0.1, 0.15) is 13.8 Å². The Labute approximate surface area is 128 Å². The Balaban J connectivity index is 1.73. The Hall–Kier alpha value is -1.89. The lowest BCUT2D eigenvalue weighted by Crippen LogP contribution is -2.52. The maximum absolute atomic E-state index is 13.3. The summed E-state index contributed by atoms with van der Waals surface area (Å²) in [5.74, 6) is -1.46. The average molecular weight is 314 g/mol. The third kappa shape index (κ3) is 4.56. The highest BCUT2D eigenvalue weighted by Crippen LogP contribution is 2.17. The summed E-state index contributed by atoms with van der Waals surface area (Å²) in [6.07, 6.45) is -0.00174. The van der Waals surface area contributed by atoms with Crippen molar-refractivity contribution in [2.45, 2.75) is 26.1 Å². The van der Waals surface area contributed by atoms with Gasteiger partial charge in [0.15, 0.2) is 11.6 Å². The first kappa shape index (κ1) is 16.5. The average Bonchev–Trinajstić information content (AvgIpc) is 2.44. The molecule has 2 atom stereocenters. The van der Waals surface area contributed by atoms with Crippen LogP contribution in [0.5, 0.6) is 5.75 Å². The van der Waals surface area contributed by atoms with E-state index < -0.39 is 11.6 Å². The van der Waals surface area contributed by atoms with Gasteiger partial charge in [0.2, 0.25) is 0 Å². The zero-order valence-electron chi connectivity index (χ0n) is 12.6. The lowest BCUT2D eigenvalue weighted by atomic mass is 10.2. The van der Waals surface area contributed by atoms with Gasteiger partial charge in [0.1, 0.15) is 12.4 Å². The summed E-state index contributed by atoms with van der Waals surface area (Å²) in [5.41, 5.74) is 0. The summed E-state index contributed by atoms with van der Waals surface area (Å²) in [4.78, 5) is 13.7. The maximum Gasteiger partial charge on any atom is 0.317 e. The highest BCUT2D eigenvalue weighted by atomic mass is 19.1. The summed E-state index contributed by atoms with van der Waals surface area (Å²) in [5, 5.41) is 2.70. The third-order valence-corrected chi connectivity index (χ3v) is 3.24. The number of benzene rings is 1. The molecule has 1 heterocycles. The predicted molar refractivity (Wildman–Crippen MR) is 76.8 cm³/mol. The fourth-order valence-corrected chi connectivity index (χ4v) is 2.37. The minimum atomic E-state index is -0.762. The molecule has 1 aliphatic rings. The van der Waals surface area contributed by atoms with Crippen LogP contribution in [0.25, 0.3) is 0 Å². The van der Waals surface area contributed by atoms with Crippen molar-refractivity contribution in [3.8, 4) is 5.75 Å². The zero-order chi connectivity index (χ0) is 16.1. The van der Waals surface area contributed by atoms with Crippen LogP contribution in [0.2, 0.25) is 0 Å². The van der Waals surface area contributed by atoms with Gasteiger partial charge in [-0.15, -0.1) is 0 Å². The van der Waals surface area contributed by atoms with Gasteiger partial charge < -0.3 is 19.7 Å². The largest absolute Gasteiger partial charge is 0.489 e. The molecule has 0 aliphatic carbocycles. The molecule has 1 saturated heterocycles. The summed E-state index contributed by atoms with van der Waals surface area (Å²) in [7, 11) is 0. The molecule has 0 spiro atoms. The molecular formula is C15H20F2N2O3. The number of hydrogen-bond acceptors (Lipinski definition) is 3. The smallest absolute Gasteiger partial charge is 0.317 e. The van der Waals surface area contributed by atoms with E-state index in [1.54, 1.807) is 4.90 Å². The number of urea groups is 1. The van der Waals surface area contributed by atoms with Gasteiger partial charge >= 0.3 is 6.03 Å². The molecule has 0 aromatic heterocycles. The number of ether oxygens (including phenoxy) is 2. The van der Waals surface area contributed by atoms with E-state index in [-0.39, 0.29) is 37.1 Å². The van der Waals surface area contributed by atoms with E-state index in [0.29, 0.717) is 13.1 Å². The first-order valence-corrected chi connectivity index (χ1v) is 7.22. The minimum Gasteiger partial charge on any atom is -0.489 e. The molecule has 7 heteroatoms. The van der Waals surface area contributed by atoms with Gasteiger partial charge in [0.25, 0.3) is 0 Å². The maximum atomic E-state index is 13.3. The van der Waals surface area contributed by atoms with Crippen LogP contribution in [-0.2, 0) is 4.74 Å². The van der Waals surface area contributed by atoms with Gasteiger partial charge in [-0.25, -0.2) is 13.6 Å². The van der Waals surface area contributed by atoms with Gasteiger partial charge in [-0.2, -0.15) is 0 Å². The number of amides is 2. The molecule has 2 amide bonds. The van der Waals surface area contributed by atoms with Crippen molar-refractivity contribution in [3.63, 3.8) is 0 Å². The van der Waals surface area contributed by atoms with E-state index in [0.717, 1.165) is 12.1 Å². The van der Waals surface area contributed by atoms with Crippen LogP contribution in [0.15, 0.2) is 18.2 Å². The second-order valence-electron chi connectivity index (χ2n) is 5.32. The number of halogens is 2. The van der Waals surface area contributed by atoms with Gasteiger partial charge in [-0.05, 0) is 26.0 Å². The van der Waals surface area contributed by atoms with Crippen LogP contribution in [0, 0.1) is 11.6 Å². The number of nitrogens with one attached hydrogen (secondary N) is 1. The summed E-state index contributed by atoms with van der Waals surface area (Å²) >= 11 is 0. The summed E-state index contributed by atoms with van der Waals surface area (Å²) < 4.78 is 36.8. The van der Waals surface area contributed by atoms with Crippen LogP contribution in [0.3, 0.4) is 0 Å². The first-order chi connectivity index (χ1) is 10.5. The Kier molecular flexibility index (Phi) is 5.54. The monoisotopic (exact) mass is 314 g/mol.